The maximum Gasteiger partial charge on any atom is 0.241 e. The number of carbonyl (C=O) groups excluding carboxylic acids is 1. The molecule has 2 aromatic rings. The van der Waals surface area contributed by atoms with Crippen LogP contribution in [0.1, 0.15) is 30.9 Å². The molecule has 0 aliphatic carbocycles. The molecule has 0 spiro atoms. The molecular formula is C20H23N5O4. The van der Waals surface area contributed by atoms with Gasteiger partial charge in [0.15, 0.2) is 11.5 Å². The number of amides is 1. The van der Waals surface area contributed by atoms with Crippen LogP contribution in [0.15, 0.2) is 36.8 Å². The van der Waals surface area contributed by atoms with E-state index in [1.807, 2.05) is 23.1 Å². The maximum absolute atomic E-state index is 12.9. The molecule has 1 aromatic carbocycles. The molecule has 0 bridgehead atoms. The van der Waals surface area contributed by atoms with Crippen molar-refractivity contribution < 1.29 is 19.0 Å². The number of hydrazine groups is 1. The average Bonchev–Trinajstić information content (AvgIpc) is 3.44. The molecule has 0 saturated carbocycles. The number of hydrogen-bond acceptors (Lipinski definition) is 8. The van der Waals surface area contributed by atoms with Crippen LogP contribution >= 0.6 is 0 Å². The van der Waals surface area contributed by atoms with Gasteiger partial charge in [0.25, 0.3) is 0 Å². The van der Waals surface area contributed by atoms with Crippen molar-refractivity contribution >= 4 is 5.91 Å². The van der Waals surface area contributed by atoms with E-state index in [1.54, 1.807) is 18.6 Å². The minimum Gasteiger partial charge on any atom is -0.473 e. The van der Waals surface area contributed by atoms with Crippen LogP contribution in [-0.4, -0.2) is 52.8 Å². The summed E-state index contributed by atoms with van der Waals surface area (Å²) in [6, 6.07) is 5.70. The van der Waals surface area contributed by atoms with Gasteiger partial charge >= 0.3 is 0 Å². The van der Waals surface area contributed by atoms with Crippen molar-refractivity contribution in [1.82, 2.24) is 25.7 Å². The number of ether oxygens (including phenoxy) is 3. The number of likely N-dealkylation sites (tertiary alicyclic amines) is 1. The summed E-state index contributed by atoms with van der Waals surface area (Å²) >= 11 is 0. The molecule has 1 aromatic heterocycles. The van der Waals surface area contributed by atoms with Crippen LogP contribution in [-0.2, 0) is 4.79 Å². The number of nitrogens with zero attached hydrogens (tertiary/aromatic N) is 3. The molecule has 152 valence electrons. The molecule has 5 rings (SSSR count). The van der Waals surface area contributed by atoms with Gasteiger partial charge in [-0.05, 0) is 24.1 Å². The van der Waals surface area contributed by atoms with Gasteiger partial charge in [0.05, 0.1) is 6.20 Å². The van der Waals surface area contributed by atoms with Gasteiger partial charge in [-0.15, -0.1) is 0 Å². The topological polar surface area (TPSA) is 97.8 Å². The normalized spacial score (nSPS) is 23.9. The van der Waals surface area contributed by atoms with Crippen LogP contribution in [0.3, 0.4) is 0 Å². The molecule has 2 saturated heterocycles. The highest BCUT2D eigenvalue weighted by Gasteiger charge is 2.35. The van der Waals surface area contributed by atoms with Gasteiger partial charge in [-0.3, -0.25) is 9.78 Å². The van der Waals surface area contributed by atoms with E-state index in [0.29, 0.717) is 25.4 Å². The Kier molecular flexibility index (Phi) is 4.91. The van der Waals surface area contributed by atoms with Gasteiger partial charge in [-0.25, -0.2) is 15.8 Å². The van der Waals surface area contributed by atoms with E-state index < -0.39 is 0 Å². The third-order valence-electron chi connectivity index (χ3n) is 5.58. The van der Waals surface area contributed by atoms with E-state index in [4.69, 9.17) is 14.2 Å². The molecule has 1 amide bonds. The van der Waals surface area contributed by atoms with Gasteiger partial charge in [-0.1, -0.05) is 6.07 Å². The molecular weight excluding hydrogens is 374 g/mol. The van der Waals surface area contributed by atoms with Crippen molar-refractivity contribution in [3.05, 3.63) is 42.4 Å². The first-order valence-corrected chi connectivity index (χ1v) is 9.88. The summed E-state index contributed by atoms with van der Waals surface area (Å²) in [5.74, 6) is 2.17. The molecule has 3 aliphatic heterocycles. The number of fused-ring (bicyclic) bond motifs is 1. The van der Waals surface area contributed by atoms with Gasteiger partial charge < -0.3 is 19.1 Å². The first kappa shape index (κ1) is 18.1. The Bertz CT molecular complexity index is 872. The Morgan fingerprint density at radius 3 is 2.83 bits per heavy atom. The fraction of sp³-hybridized carbons (Fsp3) is 0.450. The molecule has 2 N–H and O–H groups in total. The van der Waals surface area contributed by atoms with Crippen LogP contribution in [0, 0.1) is 0 Å². The molecule has 2 unspecified atom stereocenters. The monoisotopic (exact) mass is 397 g/mol. The molecule has 29 heavy (non-hydrogen) atoms. The van der Waals surface area contributed by atoms with Crippen molar-refractivity contribution in [2.75, 3.05) is 19.9 Å². The van der Waals surface area contributed by atoms with Crippen LogP contribution < -0.4 is 25.1 Å². The Labute approximate surface area is 168 Å². The Morgan fingerprint density at radius 1 is 1.14 bits per heavy atom. The van der Waals surface area contributed by atoms with Crippen molar-refractivity contribution in [2.24, 2.45) is 0 Å². The lowest BCUT2D eigenvalue weighted by atomic mass is 10.00. The number of carbonyl (C=O) groups is 1. The summed E-state index contributed by atoms with van der Waals surface area (Å²) in [6.07, 6.45) is 7.17. The van der Waals surface area contributed by atoms with Crippen molar-refractivity contribution in [2.45, 2.75) is 37.5 Å². The Hall–Kier alpha value is -2.91. The quantitative estimate of drug-likeness (QED) is 0.794. The summed E-state index contributed by atoms with van der Waals surface area (Å²) in [6.45, 7) is 1.61. The molecule has 2 atom stereocenters. The molecule has 2 fully saturated rings. The van der Waals surface area contributed by atoms with Crippen LogP contribution in [0.5, 0.6) is 17.4 Å². The average molecular weight is 397 g/mol. The number of hydrogen-bond donors (Lipinski definition) is 2. The first-order valence-electron chi connectivity index (χ1n) is 9.88. The summed E-state index contributed by atoms with van der Waals surface area (Å²) in [5.41, 5.74) is 7.48. The number of aromatic nitrogens is 2. The fourth-order valence-corrected chi connectivity index (χ4v) is 4.00. The highest BCUT2D eigenvalue weighted by Crippen LogP contribution is 2.35. The molecule has 4 heterocycles. The predicted molar refractivity (Wildman–Crippen MR) is 102 cm³/mol. The molecule has 0 radical (unpaired) electrons. The fourth-order valence-electron chi connectivity index (χ4n) is 4.00. The van der Waals surface area contributed by atoms with Crippen molar-refractivity contribution in [3.8, 4) is 17.4 Å². The number of piperidine rings is 1. The summed E-state index contributed by atoms with van der Waals surface area (Å²) < 4.78 is 16.7. The van der Waals surface area contributed by atoms with E-state index in [9.17, 15) is 4.79 Å². The molecule has 3 aliphatic rings. The largest absolute Gasteiger partial charge is 0.473 e. The zero-order valence-electron chi connectivity index (χ0n) is 15.9. The minimum absolute atomic E-state index is 0.0518. The van der Waals surface area contributed by atoms with E-state index in [1.165, 1.54) is 0 Å². The second kappa shape index (κ2) is 7.84. The summed E-state index contributed by atoms with van der Waals surface area (Å²) in [5, 5.41) is 0. The Morgan fingerprint density at radius 2 is 2.00 bits per heavy atom. The number of rotatable bonds is 4. The second-order valence-electron chi connectivity index (χ2n) is 7.43. The number of nitrogens with one attached hydrogen (secondary N) is 2. The standard InChI is InChI=1S/C20H23N5O4/c26-20(25-7-3-14(4-8-25)29-19-11-21-5-6-22-19)16-10-15(23-24-16)13-1-2-17-18(9-13)28-12-27-17/h1-2,5-6,9,11,14-16,23-24H,3-4,7-8,10,12H2. The number of benzene rings is 1. The van der Waals surface area contributed by atoms with Crippen LogP contribution in [0.25, 0.3) is 0 Å². The van der Waals surface area contributed by atoms with E-state index in [2.05, 4.69) is 20.8 Å². The van der Waals surface area contributed by atoms with Crippen LogP contribution in [0.2, 0.25) is 0 Å². The maximum atomic E-state index is 12.9. The molecule has 9 nitrogen and oxygen atoms in total. The zero-order valence-corrected chi connectivity index (χ0v) is 15.9. The smallest absolute Gasteiger partial charge is 0.241 e. The lowest BCUT2D eigenvalue weighted by molar-refractivity contribution is -0.135. The molecule has 9 heteroatoms. The van der Waals surface area contributed by atoms with Crippen molar-refractivity contribution in [1.29, 1.82) is 0 Å². The lowest BCUT2D eigenvalue weighted by Crippen LogP contribution is -2.49. The van der Waals surface area contributed by atoms with Gasteiger partial charge in [-0.2, -0.15) is 0 Å². The van der Waals surface area contributed by atoms with Gasteiger partial charge in [0.1, 0.15) is 12.1 Å². The van der Waals surface area contributed by atoms with Gasteiger partial charge in [0, 0.05) is 44.4 Å². The van der Waals surface area contributed by atoms with E-state index in [0.717, 1.165) is 29.9 Å². The SMILES string of the molecule is O=C(C1CC(c2ccc3c(c2)OCO3)NN1)N1CCC(Oc2cnccn2)CC1. The second-order valence-corrected chi connectivity index (χ2v) is 7.43. The van der Waals surface area contributed by atoms with Crippen molar-refractivity contribution in [3.63, 3.8) is 0 Å². The minimum atomic E-state index is -0.247. The van der Waals surface area contributed by atoms with Crippen LogP contribution in [0.4, 0.5) is 0 Å². The third kappa shape index (κ3) is 3.83. The van der Waals surface area contributed by atoms with E-state index in [-0.39, 0.29) is 30.9 Å². The van der Waals surface area contributed by atoms with Gasteiger partial charge in [0.2, 0.25) is 18.6 Å². The predicted octanol–water partition coefficient (Wildman–Crippen LogP) is 1.18. The Balaban J connectivity index is 1.14. The zero-order chi connectivity index (χ0) is 19.6. The first-order chi connectivity index (χ1) is 14.3. The van der Waals surface area contributed by atoms with E-state index >= 15 is 0 Å². The highest BCUT2D eigenvalue weighted by atomic mass is 16.7. The summed E-state index contributed by atoms with van der Waals surface area (Å²) in [4.78, 5) is 23.0. The lowest BCUT2D eigenvalue weighted by Gasteiger charge is -2.33. The third-order valence-corrected chi connectivity index (χ3v) is 5.58. The summed E-state index contributed by atoms with van der Waals surface area (Å²) in [7, 11) is 0. The highest BCUT2D eigenvalue weighted by molar-refractivity contribution is 5.82.